The smallest absolute Gasteiger partial charge is 0.165 e. The zero-order chi connectivity index (χ0) is 21.7. The number of nitrogens with one attached hydrogen (secondary N) is 2. The predicted octanol–water partition coefficient (Wildman–Crippen LogP) is 5.49. The van der Waals surface area contributed by atoms with Crippen molar-refractivity contribution in [2.75, 3.05) is 27.3 Å². The molecule has 0 bridgehead atoms. The SMILES string of the molecule is CCCCCCNC(C)C.CNC1(c2ccc(F)c(OCC3CC3)c2)CC1.CO.[HH].[HH]. The second-order valence-corrected chi connectivity index (χ2v) is 8.40. The highest BCUT2D eigenvalue weighted by atomic mass is 19.1. The summed E-state index contributed by atoms with van der Waals surface area (Å²) >= 11 is 0. The Morgan fingerprint density at radius 3 is 2.41 bits per heavy atom. The third kappa shape index (κ3) is 9.92. The van der Waals surface area contributed by atoms with Crippen LogP contribution in [0.25, 0.3) is 0 Å². The van der Waals surface area contributed by atoms with E-state index in [1.165, 1.54) is 51.1 Å². The van der Waals surface area contributed by atoms with Gasteiger partial charge in [-0.05, 0) is 69.3 Å². The Balaban J connectivity index is 0. The monoisotopic (exact) mass is 414 g/mol. The summed E-state index contributed by atoms with van der Waals surface area (Å²) in [7, 11) is 2.96. The Morgan fingerprint density at radius 1 is 1.21 bits per heavy atom. The van der Waals surface area contributed by atoms with Gasteiger partial charge < -0.3 is 20.5 Å². The lowest BCUT2D eigenvalue weighted by atomic mass is 10.0. The van der Waals surface area contributed by atoms with Crippen LogP contribution in [-0.2, 0) is 5.54 Å². The Kier molecular flexibility index (Phi) is 12.4. The molecule has 2 aliphatic rings. The average Bonchev–Trinajstić information content (AvgIpc) is 3.64. The fourth-order valence-electron chi connectivity index (χ4n) is 3.15. The molecule has 2 fully saturated rings. The average molecular weight is 415 g/mol. The van der Waals surface area contributed by atoms with Crippen LogP contribution in [0.5, 0.6) is 5.75 Å². The van der Waals surface area contributed by atoms with E-state index in [0.29, 0.717) is 24.3 Å². The van der Waals surface area contributed by atoms with E-state index in [-0.39, 0.29) is 14.2 Å². The van der Waals surface area contributed by atoms with Gasteiger partial charge in [-0.1, -0.05) is 46.1 Å². The van der Waals surface area contributed by atoms with E-state index >= 15 is 0 Å². The van der Waals surface area contributed by atoms with E-state index in [1.807, 2.05) is 19.2 Å². The van der Waals surface area contributed by atoms with Crippen LogP contribution >= 0.6 is 0 Å². The summed E-state index contributed by atoms with van der Waals surface area (Å²) < 4.78 is 19.2. The molecule has 0 atom stereocenters. The molecule has 0 aromatic heterocycles. The molecule has 2 saturated carbocycles. The third-order valence-electron chi connectivity index (χ3n) is 5.47. The Labute approximate surface area is 180 Å². The lowest BCUT2D eigenvalue weighted by Gasteiger charge is -2.16. The minimum Gasteiger partial charge on any atom is -0.490 e. The first-order valence-electron chi connectivity index (χ1n) is 11.3. The molecule has 0 radical (unpaired) electrons. The van der Waals surface area contributed by atoms with Crippen molar-refractivity contribution < 1.29 is 17.1 Å². The maximum absolute atomic E-state index is 13.6. The number of halogens is 1. The van der Waals surface area contributed by atoms with Crippen LogP contribution in [-0.4, -0.2) is 38.5 Å². The first-order valence-corrected chi connectivity index (χ1v) is 11.3. The number of hydrogen-bond donors (Lipinski definition) is 3. The number of rotatable bonds is 11. The molecule has 0 heterocycles. The van der Waals surface area contributed by atoms with Gasteiger partial charge in [0.1, 0.15) is 0 Å². The van der Waals surface area contributed by atoms with Crippen LogP contribution in [0, 0.1) is 11.7 Å². The van der Waals surface area contributed by atoms with E-state index in [4.69, 9.17) is 9.84 Å². The summed E-state index contributed by atoms with van der Waals surface area (Å²) in [5.74, 6) is 0.814. The summed E-state index contributed by atoms with van der Waals surface area (Å²) in [5.41, 5.74) is 1.22. The third-order valence-corrected chi connectivity index (χ3v) is 5.47. The standard InChI is InChI=1S/C14H18FNO.C9H21N.CH4O.2H2/c1-16-14(6-7-14)11-4-5-12(15)13(8-11)17-9-10-2-3-10;1-4-5-6-7-8-10-9(2)3;1-2;;/h4-5,8,10,16H,2-3,6-7,9H2,1H3;9-10H,4-8H2,1-3H3;2H,1H3;2*1H. The number of ether oxygens (including phenoxy) is 1. The number of aliphatic hydroxyl groups is 1. The van der Waals surface area contributed by atoms with Gasteiger partial charge in [-0.3, -0.25) is 0 Å². The molecule has 0 spiro atoms. The van der Waals surface area contributed by atoms with Gasteiger partial charge in [-0.15, -0.1) is 0 Å². The fourth-order valence-corrected chi connectivity index (χ4v) is 3.15. The van der Waals surface area contributed by atoms with Gasteiger partial charge in [-0.2, -0.15) is 0 Å². The molecule has 172 valence electrons. The number of hydrogen-bond acceptors (Lipinski definition) is 4. The van der Waals surface area contributed by atoms with Crippen molar-refractivity contribution in [1.82, 2.24) is 10.6 Å². The van der Waals surface area contributed by atoms with Crippen LogP contribution in [0.3, 0.4) is 0 Å². The highest BCUT2D eigenvalue weighted by molar-refractivity contribution is 5.37. The maximum atomic E-state index is 13.6. The molecular weight excluding hydrogens is 367 g/mol. The predicted molar refractivity (Wildman–Crippen MR) is 124 cm³/mol. The molecule has 1 aromatic carbocycles. The maximum Gasteiger partial charge on any atom is 0.165 e. The van der Waals surface area contributed by atoms with Crippen molar-refractivity contribution in [3.63, 3.8) is 0 Å². The van der Waals surface area contributed by atoms with Crippen LogP contribution in [0.15, 0.2) is 18.2 Å². The van der Waals surface area contributed by atoms with Crippen LogP contribution < -0.4 is 15.4 Å². The van der Waals surface area contributed by atoms with Gasteiger partial charge in [0.2, 0.25) is 0 Å². The van der Waals surface area contributed by atoms with Gasteiger partial charge >= 0.3 is 0 Å². The lowest BCUT2D eigenvalue weighted by Crippen LogP contribution is -2.24. The van der Waals surface area contributed by atoms with Crippen molar-refractivity contribution in [3.05, 3.63) is 29.6 Å². The normalized spacial score (nSPS) is 16.4. The summed E-state index contributed by atoms with van der Waals surface area (Å²) in [6, 6.07) is 5.90. The lowest BCUT2D eigenvalue weighted by molar-refractivity contribution is 0.284. The van der Waals surface area contributed by atoms with Crippen LogP contribution in [0.2, 0.25) is 0 Å². The second kappa shape index (κ2) is 13.9. The topological polar surface area (TPSA) is 53.5 Å². The Bertz CT molecular complexity index is 569. The largest absolute Gasteiger partial charge is 0.490 e. The summed E-state index contributed by atoms with van der Waals surface area (Å²) in [6.45, 7) is 8.49. The molecule has 0 amide bonds. The van der Waals surface area contributed by atoms with E-state index < -0.39 is 0 Å². The Hall–Kier alpha value is -1.17. The highest BCUT2D eigenvalue weighted by Gasteiger charge is 2.43. The van der Waals surface area contributed by atoms with Crippen LogP contribution in [0.1, 0.15) is 80.6 Å². The molecule has 3 rings (SSSR count). The van der Waals surface area contributed by atoms with E-state index in [9.17, 15) is 4.39 Å². The molecule has 0 unspecified atom stereocenters. The molecule has 5 heteroatoms. The van der Waals surface area contributed by atoms with E-state index in [1.54, 1.807) is 0 Å². The number of unbranched alkanes of at least 4 members (excludes halogenated alkanes) is 3. The molecule has 29 heavy (non-hydrogen) atoms. The molecule has 4 nitrogen and oxygen atoms in total. The van der Waals surface area contributed by atoms with Crippen molar-refractivity contribution in [2.45, 2.75) is 83.7 Å². The van der Waals surface area contributed by atoms with Gasteiger partial charge in [0, 0.05) is 21.5 Å². The summed E-state index contributed by atoms with van der Waals surface area (Å²) in [6.07, 6.45) is 10.1. The molecular formula is C24H47FN2O2. The minimum absolute atomic E-state index is 0. The van der Waals surface area contributed by atoms with E-state index in [0.717, 1.165) is 25.5 Å². The molecule has 2 aliphatic carbocycles. The summed E-state index contributed by atoms with van der Waals surface area (Å²) in [4.78, 5) is 0. The minimum atomic E-state index is -0.249. The van der Waals surface area contributed by atoms with Gasteiger partial charge in [0.05, 0.1) is 6.61 Å². The fraction of sp³-hybridized carbons (Fsp3) is 0.750. The zero-order valence-corrected chi connectivity index (χ0v) is 19.2. The van der Waals surface area contributed by atoms with Gasteiger partial charge in [0.25, 0.3) is 0 Å². The Morgan fingerprint density at radius 2 is 1.90 bits per heavy atom. The quantitative estimate of drug-likeness (QED) is 0.419. The second-order valence-electron chi connectivity index (χ2n) is 8.40. The molecule has 0 saturated heterocycles. The zero-order valence-electron chi connectivity index (χ0n) is 19.2. The number of benzene rings is 1. The highest BCUT2D eigenvalue weighted by Crippen LogP contribution is 2.46. The molecule has 1 aromatic rings. The van der Waals surface area contributed by atoms with Gasteiger partial charge in [-0.25, -0.2) is 4.39 Å². The van der Waals surface area contributed by atoms with E-state index in [2.05, 4.69) is 31.4 Å². The molecule has 0 aliphatic heterocycles. The number of aliphatic hydroxyl groups excluding tert-OH is 1. The molecule has 3 N–H and O–H groups in total. The van der Waals surface area contributed by atoms with Crippen molar-refractivity contribution >= 4 is 0 Å². The van der Waals surface area contributed by atoms with Crippen molar-refractivity contribution in [1.29, 1.82) is 0 Å². The van der Waals surface area contributed by atoms with Crippen molar-refractivity contribution in [3.8, 4) is 5.75 Å². The first-order chi connectivity index (χ1) is 14.0. The first kappa shape index (κ1) is 25.9. The van der Waals surface area contributed by atoms with Gasteiger partial charge in [0.15, 0.2) is 11.6 Å². The van der Waals surface area contributed by atoms with Crippen LogP contribution in [0.4, 0.5) is 4.39 Å². The summed E-state index contributed by atoms with van der Waals surface area (Å²) in [5, 5.41) is 13.7. The van der Waals surface area contributed by atoms with Crippen molar-refractivity contribution in [2.24, 2.45) is 5.92 Å².